The minimum Gasteiger partial charge on any atom is -0.443 e. The Balaban J connectivity index is 1.45. The SMILES string of the molecule is CC(C)CNCc1ccc2c(c1)nc(NC(=O)c1ccc(-c3cnco3)s1)n2C[C@H]1CCCN1C(=O)/C(C#N)=C/C(C)(C)C. The van der Waals surface area contributed by atoms with Gasteiger partial charge in [0.1, 0.15) is 11.6 Å². The van der Waals surface area contributed by atoms with Gasteiger partial charge in [-0.25, -0.2) is 9.97 Å². The maximum Gasteiger partial charge on any atom is 0.268 e. The Morgan fingerprint density at radius 2 is 2.07 bits per heavy atom. The van der Waals surface area contributed by atoms with E-state index in [1.54, 1.807) is 23.2 Å². The Labute approximate surface area is 261 Å². The van der Waals surface area contributed by atoms with Crippen molar-refractivity contribution >= 4 is 40.1 Å². The van der Waals surface area contributed by atoms with Crippen molar-refractivity contribution in [3.8, 4) is 16.7 Å². The summed E-state index contributed by atoms with van der Waals surface area (Å²) in [7, 11) is 0. The monoisotopic (exact) mass is 613 g/mol. The molecule has 11 heteroatoms. The van der Waals surface area contributed by atoms with Crippen LogP contribution in [0.3, 0.4) is 0 Å². The molecule has 5 rings (SSSR count). The third kappa shape index (κ3) is 7.26. The number of hydrogen-bond acceptors (Lipinski definition) is 8. The minimum absolute atomic E-state index is 0.153. The van der Waals surface area contributed by atoms with Crippen LogP contribution >= 0.6 is 11.3 Å². The second-order valence-electron chi connectivity index (χ2n) is 12.7. The lowest BCUT2D eigenvalue weighted by atomic mass is 9.93. The zero-order chi connectivity index (χ0) is 31.4. The van der Waals surface area contributed by atoms with E-state index in [2.05, 4.69) is 41.6 Å². The number of nitrogens with zero attached hydrogens (tertiary/aromatic N) is 5. The number of anilines is 1. The number of likely N-dealkylation sites (tertiary alicyclic amines) is 1. The van der Waals surface area contributed by atoms with E-state index >= 15 is 0 Å². The Kier molecular flexibility index (Phi) is 9.32. The largest absolute Gasteiger partial charge is 0.443 e. The number of benzene rings is 1. The summed E-state index contributed by atoms with van der Waals surface area (Å²) in [6, 6.07) is 11.7. The fourth-order valence-electron chi connectivity index (χ4n) is 5.40. The summed E-state index contributed by atoms with van der Waals surface area (Å²) in [5.74, 6) is 1.02. The van der Waals surface area contributed by atoms with Crippen molar-refractivity contribution in [1.82, 2.24) is 24.8 Å². The van der Waals surface area contributed by atoms with E-state index in [-0.39, 0.29) is 28.8 Å². The number of aromatic nitrogens is 3. The number of hydrogen-bond donors (Lipinski definition) is 2. The van der Waals surface area contributed by atoms with Crippen molar-refractivity contribution in [3.63, 3.8) is 0 Å². The van der Waals surface area contributed by atoms with Gasteiger partial charge in [0, 0.05) is 19.6 Å². The van der Waals surface area contributed by atoms with Gasteiger partial charge in [-0.1, -0.05) is 46.8 Å². The number of fused-ring (bicyclic) bond motifs is 1. The molecule has 230 valence electrons. The number of imidazole rings is 1. The first-order chi connectivity index (χ1) is 21.0. The third-order valence-corrected chi connectivity index (χ3v) is 8.48. The number of thiophene rings is 1. The lowest BCUT2D eigenvalue weighted by Crippen LogP contribution is -2.39. The summed E-state index contributed by atoms with van der Waals surface area (Å²) < 4.78 is 7.37. The second kappa shape index (κ2) is 13.2. The second-order valence-corrected chi connectivity index (χ2v) is 13.8. The molecular weight excluding hydrogens is 574 g/mol. The molecular formula is C33H39N7O3S. The summed E-state index contributed by atoms with van der Waals surface area (Å²) in [6.45, 7) is 12.9. The van der Waals surface area contributed by atoms with Crippen LogP contribution in [0.4, 0.5) is 5.95 Å². The fraction of sp³-hybridized carbons (Fsp3) is 0.424. The van der Waals surface area contributed by atoms with Crippen LogP contribution in [0.25, 0.3) is 21.7 Å². The van der Waals surface area contributed by atoms with Gasteiger partial charge >= 0.3 is 0 Å². The molecule has 1 aliphatic rings. The highest BCUT2D eigenvalue weighted by atomic mass is 32.1. The highest BCUT2D eigenvalue weighted by Crippen LogP contribution is 2.30. The zero-order valence-corrected chi connectivity index (χ0v) is 26.7. The molecule has 4 heterocycles. The van der Waals surface area contributed by atoms with E-state index in [1.165, 1.54) is 17.7 Å². The molecule has 1 atom stereocenters. The van der Waals surface area contributed by atoms with E-state index in [0.717, 1.165) is 40.9 Å². The third-order valence-electron chi connectivity index (χ3n) is 7.38. The number of nitriles is 1. The highest BCUT2D eigenvalue weighted by Gasteiger charge is 2.32. The van der Waals surface area contributed by atoms with Gasteiger partial charge in [0.25, 0.3) is 11.8 Å². The average Bonchev–Trinajstić information content (AvgIpc) is 3.78. The average molecular weight is 614 g/mol. The number of allylic oxidation sites excluding steroid dienone is 1. The normalized spacial score (nSPS) is 15.7. The topological polar surface area (TPSA) is 129 Å². The number of oxazole rings is 1. The van der Waals surface area contributed by atoms with Crippen molar-refractivity contribution in [2.24, 2.45) is 11.3 Å². The minimum atomic E-state index is -0.301. The molecule has 0 radical (unpaired) electrons. The predicted molar refractivity (Wildman–Crippen MR) is 172 cm³/mol. The summed E-state index contributed by atoms with van der Waals surface area (Å²) in [5.41, 5.74) is 2.59. The van der Waals surface area contributed by atoms with Crippen LogP contribution in [-0.2, 0) is 17.9 Å². The molecule has 1 aliphatic heterocycles. The van der Waals surface area contributed by atoms with Crippen molar-refractivity contribution in [2.75, 3.05) is 18.4 Å². The van der Waals surface area contributed by atoms with Gasteiger partial charge in [0.2, 0.25) is 5.95 Å². The van der Waals surface area contributed by atoms with Crippen molar-refractivity contribution < 1.29 is 14.0 Å². The van der Waals surface area contributed by atoms with Crippen LogP contribution in [0.5, 0.6) is 0 Å². The van der Waals surface area contributed by atoms with E-state index in [1.807, 2.05) is 43.5 Å². The summed E-state index contributed by atoms with van der Waals surface area (Å²) >= 11 is 1.31. The molecule has 4 aromatic rings. The van der Waals surface area contributed by atoms with Crippen LogP contribution in [-0.4, -0.2) is 50.4 Å². The Hall–Kier alpha value is -4.27. The number of carbonyl (C=O) groups is 2. The smallest absolute Gasteiger partial charge is 0.268 e. The molecule has 0 bridgehead atoms. The molecule has 2 N–H and O–H groups in total. The molecule has 44 heavy (non-hydrogen) atoms. The van der Waals surface area contributed by atoms with Gasteiger partial charge in [-0.2, -0.15) is 5.26 Å². The molecule has 1 saturated heterocycles. The van der Waals surface area contributed by atoms with Gasteiger partial charge in [0.05, 0.1) is 33.0 Å². The number of nitrogens with one attached hydrogen (secondary N) is 2. The number of rotatable bonds is 10. The van der Waals surface area contributed by atoms with Crippen molar-refractivity contribution in [3.05, 3.63) is 65.0 Å². The van der Waals surface area contributed by atoms with E-state index in [4.69, 9.17) is 9.40 Å². The van der Waals surface area contributed by atoms with Gasteiger partial charge in [-0.05, 0) is 60.5 Å². The maximum atomic E-state index is 13.5. The molecule has 1 fully saturated rings. The number of carbonyl (C=O) groups excluding carboxylic acids is 2. The molecule has 3 aromatic heterocycles. The van der Waals surface area contributed by atoms with Crippen molar-refractivity contribution in [2.45, 2.75) is 66.6 Å². The lowest BCUT2D eigenvalue weighted by molar-refractivity contribution is -0.127. The molecule has 1 aromatic carbocycles. The van der Waals surface area contributed by atoms with E-state index < -0.39 is 0 Å². The lowest BCUT2D eigenvalue weighted by Gasteiger charge is -2.26. The Bertz CT molecular complexity index is 1700. The van der Waals surface area contributed by atoms with Crippen LogP contribution in [0, 0.1) is 22.7 Å². The van der Waals surface area contributed by atoms with E-state index in [9.17, 15) is 14.9 Å². The van der Waals surface area contributed by atoms with Crippen LogP contribution < -0.4 is 10.6 Å². The van der Waals surface area contributed by atoms with Crippen LogP contribution in [0.1, 0.15) is 62.7 Å². The van der Waals surface area contributed by atoms with Gasteiger partial charge < -0.3 is 19.2 Å². The summed E-state index contributed by atoms with van der Waals surface area (Å²) in [6.07, 6.45) is 6.34. The van der Waals surface area contributed by atoms with Gasteiger partial charge in [-0.3, -0.25) is 14.9 Å². The fourth-order valence-corrected chi connectivity index (χ4v) is 6.25. The molecule has 0 saturated carbocycles. The molecule has 0 spiro atoms. The molecule has 0 aliphatic carbocycles. The molecule has 2 amide bonds. The Morgan fingerprint density at radius 3 is 2.77 bits per heavy atom. The summed E-state index contributed by atoms with van der Waals surface area (Å²) in [4.78, 5) is 38.9. The van der Waals surface area contributed by atoms with Crippen molar-refractivity contribution in [1.29, 1.82) is 5.26 Å². The Morgan fingerprint density at radius 1 is 1.25 bits per heavy atom. The van der Waals surface area contributed by atoms with E-state index in [0.29, 0.717) is 42.1 Å². The first-order valence-electron chi connectivity index (χ1n) is 15.0. The van der Waals surface area contributed by atoms with Crippen LogP contribution in [0.15, 0.2) is 59.0 Å². The maximum absolute atomic E-state index is 13.5. The predicted octanol–water partition coefficient (Wildman–Crippen LogP) is 6.24. The zero-order valence-electron chi connectivity index (χ0n) is 25.9. The molecule has 10 nitrogen and oxygen atoms in total. The standard InChI is InChI=1S/C33H39N7O3S/c1-21(2)16-35-17-22-8-9-26-25(13-22)37-32(38-30(41)29-11-10-28(44-29)27-18-36-20-43-27)40(26)19-24-7-6-12-39(24)31(42)23(15-34)14-33(3,4)5/h8-11,13-14,18,20-21,24,35H,6-7,12,16-17,19H2,1-5H3,(H,37,38,41)/b23-14+/t24-/m1/s1. The number of amides is 2. The first kappa shape index (κ1) is 31.2. The first-order valence-corrected chi connectivity index (χ1v) is 15.8. The highest BCUT2D eigenvalue weighted by molar-refractivity contribution is 7.17. The molecule has 0 unspecified atom stereocenters. The van der Waals surface area contributed by atoms with Gasteiger partial charge in [-0.15, -0.1) is 11.3 Å². The quantitative estimate of drug-likeness (QED) is 0.160. The van der Waals surface area contributed by atoms with Gasteiger partial charge in [0.15, 0.2) is 12.2 Å². The van der Waals surface area contributed by atoms with Crippen LogP contribution in [0.2, 0.25) is 0 Å². The summed E-state index contributed by atoms with van der Waals surface area (Å²) in [5, 5.41) is 16.3.